The molecule has 2 N–H and O–H groups in total. The van der Waals surface area contributed by atoms with E-state index in [1.165, 1.54) is 0 Å². The van der Waals surface area contributed by atoms with Gasteiger partial charge in [0.15, 0.2) is 0 Å². The van der Waals surface area contributed by atoms with Gasteiger partial charge in [0.05, 0.1) is 6.61 Å². The summed E-state index contributed by atoms with van der Waals surface area (Å²) in [5.74, 6) is 2.38. The molecule has 1 aliphatic heterocycles. The third kappa shape index (κ3) is 3.37. The number of aliphatic hydroxyl groups excluding tert-OH is 1. The third-order valence-corrected chi connectivity index (χ3v) is 4.20. The van der Waals surface area contributed by atoms with Crippen LogP contribution in [0.2, 0.25) is 0 Å². The molecule has 4 nitrogen and oxygen atoms in total. The highest BCUT2D eigenvalue weighted by molar-refractivity contribution is 7.99. The van der Waals surface area contributed by atoms with Crippen LogP contribution in [0.1, 0.15) is 19.3 Å². The minimum Gasteiger partial charge on any atom is -0.395 e. The maximum absolute atomic E-state index is 12.0. The summed E-state index contributed by atoms with van der Waals surface area (Å²) >= 11 is 1.91. The lowest BCUT2D eigenvalue weighted by atomic mass is 10.2. The molecule has 0 radical (unpaired) electrons. The third-order valence-electron chi connectivity index (χ3n) is 3.07. The van der Waals surface area contributed by atoms with E-state index >= 15 is 0 Å². The summed E-state index contributed by atoms with van der Waals surface area (Å²) in [7, 11) is 0. The van der Waals surface area contributed by atoms with Crippen molar-refractivity contribution in [3.63, 3.8) is 0 Å². The Morgan fingerprint density at radius 2 is 2.31 bits per heavy atom. The predicted octanol–water partition coefficient (Wildman–Crippen LogP) is 0.0648. The van der Waals surface area contributed by atoms with Crippen LogP contribution in [0.4, 0.5) is 0 Å². The largest absolute Gasteiger partial charge is 0.395 e. The minimum atomic E-state index is 0.0785. The Balaban J connectivity index is 1.79. The van der Waals surface area contributed by atoms with Gasteiger partial charge in [-0.1, -0.05) is 0 Å². The Hall–Kier alpha value is -0.260. The summed E-state index contributed by atoms with van der Waals surface area (Å²) in [6.45, 7) is 1.59. The van der Waals surface area contributed by atoms with E-state index in [9.17, 15) is 4.79 Å². The average molecular weight is 244 g/mol. The number of thioether (sulfide) groups is 1. The maximum Gasteiger partial charge on any atom is 0.224 e. The lowest BCUT2D eigenvalue weighted by Crippen LogP contribution is -2.44. The van der Waals surface area contributed by atoms with Crippen molar-refractivity contribution in [2.45, 2.75) is 31.3 Å². The van der Waals surface area contributed by atoms with E-state index in [1.807, 2.05) is 16.7 Å². The van der Waals surface area contributed by atoms with Crippen LogP contribution in [0.3, 0.4) is 0 Å². The molecule has 0 aromatic rings. The molecule has 1 heterocycles. The summed E-state index contributed by atoms with van der Waals surface area (Å²) in [6, 6.07) is 0.738. The van der Waals surface area contributed by atoms with Crippen molar-refractivity contribution < 1.29 is 9.90 Å². The SMILES string of the molecule is O=C(CC1CSCCN1)N(CCO)C1CC1. The van der Waals surface area contributed by atoms with Crippen molar-refractivity contribution in [2.24, 2.45) is 0 Å². The van der Waals surface area contributed by atoms with E-state index in [0.717, 1.165) is 30.9 Å². The number of hydrogen-bond donors (Lipinski definition) is 2. The molecule has 2 fully saturated rings. The van der Waals surface area contributed by atoms with Crippen LogP contribution in [0.25, 0.3) is 0 Å². The summed E-state index contributed by atoms with van der Waals surface area (Å²) in [4.78, 5) is 13.9. The first kappa shape index (κ1) is 12.2. The molecule has 0 aromatic heterocycles. The topological polar surface area (TPSA) is 52.6 Å². The molecular weight excluding hydrogens is 224 g/mol. The molecule has 16 heavy (non-hydrogen) atoms. The van der Waals surface area contributed by atoms with Gasteiger partial charge in [-0.15, -0.1) is 0 Å². The van der Waals surface area contributed by atoms with Crippen molar-refractivity contribution in [1.82, 2.24) is 10.2 Å². The standard InChI is InChI=1S/C11H20N2O2S/c14-5-4-13(10-1-2-10)11(15)7-9-8-16-6-3-12-9/h9-10,12,14H,1-8H2. The normalized spacial score (nSPS) is 25.4. The number of nitrogens with zero attached hydrogens (tertiary/aromatic N) is 1. The highest BCUT2D eigenvalue weighted by Crippen LogP contribution is 2.27. The first-order chi connectivity index (χ1) is 7.81. The zero-order valence-corrected chi connectivity index (χ0v) is 10.3. The fourth-order valence-corrected chi connectivity index (χ4v) is 3.03. The summed E-state index contributed by atoms with van der Waals surface area (Å²) < 4.78 is 0. The maximum atomic E-state index is 12.0. The van der Waals surface area contributed by atoms with Crippen molar-refractivity contribution in [3.8, 4) is 0 Å². The number of hydrogen-bond acceptors (Lipinski definition) is 4. The van der Waals surface area contributed by atoms with Crippen molar-refractivity contribution in [2.75, 3.05) is 31.2 Å². The van der Waals surface area contributed by atoms with Crippen LogP contribution >= 0.6 is 11.8 Å². The summed E-state index contributed by atoms with van der Waals surface area (Å²) in [5, 5.41) is 12.3. The van der Waals surface area contributed by atoms with E-state index in [1.54, 1.807) is 0 Å². The molecule has 1 atom stereocenters. The second-order valence-corrected chi connectivity index (χ2v) is 5.62. The number of nitrogens with one attached hydrogen (secondary N) is 1. The van der Waals surface area contributed by atoms with Gasteiger partial charge in [0.25, 0.3) is 0 Å². The van der Waals surface area contributed by atoms with E-state index in [0.29, 0.717) is 25.0 Å². The number of amides is 1. The van der Waals surface area contributed by atoms with E-state index in [4.69, 9.17) is 5.11 Å². The fourth-order valence-electron chi connectivity index (χ4n) is 2.08. The van der Waals surface area contributed by atoms with Crippen LogP contribution in [-0.2, 0) is 4.79 Å². The van der Waals surface area contributed by atoms with Crippen molar-refractivity contribution in [1.29, 1.82) is 0 Å². The quantitative estimate of drug-likeness (QED) is 0.718. The van der Waals surface area contributed by atoms with Gasteiger partial charge in [0, 0.05) is 43.1 Å². The van der Waals surface area contributed by atoms with E-state index < -0.39 is 0 Å². The van der Waals surface area contributed by atoms with Gasteiger partial charge in [-0.25, -0.2) is 0 Å². The Morgan fingerprint density at radius 3 is 2.88 bits per heavy atom. The van der Waals surface area contributed by atoms with Crippen molar-refractivity contribution >= 4 is 17.7 Å². The molecule has 0 spiro atoms. The van der Waals surface area contributed by atoms with Gasteiger partial charge in [0.2, 0.25) is 5.91 Å². The van der Waals surface area contributed by atoms with Crippen LogP contribution < -0.4 is 5.32 Å². The Labute approximate surface area is 101 Å². The summed E-state index contributed by atoms with van der Waals surface area (Å²) in [5.41, 5.74) is 0. The van der Waals surface area contributed by atoms with Gasteiger partial charge in [-0.2, -0.15) is 11.8 Å². The van der Waals surface area contributed by atoms with Gasteiger partial charge in [0.1, 0.15) is 0 Å². The van der Waals surface area contributed by atoms with Crippen LogP contribution in [0.15, 0.2) is 0 Å². The molecule has 5 heteroatoms. The molecule has 1 aliphatic carbocycles. The van der Waals surface area contributed by atoms with E-state index in [-0.39, 0.29) is 12.5 Å². The molecular formula is C11H20N2O2S. The van der Waals surface area contributed by atoms with Gasteiger partial charge in [-0.05, 0) is 12.8 Å². The Bertz CT molecular complexity index is 240. The molecule has 2 aliphatic rings. The van der Waals surface area contributed by atoms with Gasteiger partial charge >= 0.3 is 0 Å². The second kappa shape index (κ2) is 5.89. The van der Waals surface area contributed by atoms with Gasteiger partial charge in [-0.3, -0.25) is 4.79 Å². The molecule has 1 saturated heterocycles. The highest BCUT2D eigenvalue weighted by atomic mass is 32.2. The number of rotatable bonds is 5. The van der Waals surface area contributed by atoms with Crippen molar-refractivity contribution in [3.05, 3.63) is 0 Å². The Morgan fingerprint density at radius 1 is 1.50 bits per heavy atom. The lowest BCUT2D eigenvalue weighted by molar-refractivity contribution is -0.132. The monoisotopic (exact) mass is 244 g/mol. The number of carbonyl (C=O) groups excluding carboxylic acids is 1. The number of aliphatic hydroxyl groups is 1. The second-order valence-electron chi connectivity index (χ2n) is 4.47. The van der Waals surface area contributed by atoms with Crippen LogP contribution in [0.5, 0.6) is 0 Å². The van der Waals surface area contributed by atoms with E-state index in [2.05, 4.69) is 5.32 Å². The smallest absolute Gasteiger partial charge is 0.224 e. The first-order valence-corrected chi connectivity index (χ1v) is 7.18. The number of carbonyl (C=O) groups is 1. The molecule has 0 bridgehead atoms. The van der Waals surface area contributed by atoms with Crippen LogP contribution in [-0.4, -0.2) is 59.2 Å². The molecule has 2 rings (SSSR count). The molecule has 1 unspecified atom stereocenters. The fraction of sp³-hybridized carbons (Fsp3) is 0.909. The molecule has 0 aromatic carbocycles. The average Bonchev–Trinajstić information content (AvgIpc) is 3.11. The molecule has 1 amide bonds. The zero-order valence-electron chi connectivity index (χ0n) is 9.52. The van der Waals surface area contributed by atoms with Crippen LogP contribution in [0, 0.1) is 0 Å². The lowest BCUT2D eigenvalue weighted by Gasteiger charge is -2.27. The predicted molar refractivity (Wildman–Crippen MR) is 65.6 cm³/mol. The zero-order chi connectivity index (χ0) is 11.4. The highest BCUT2D eigenvalue weighted by Gasteiger charge is 2.32. The summed E-state index contributed by atoms with van der Waals surface area (Å²) in [6.07, 6.45) is 2.81. The molecule has 92 valence electrons. The first-order valence-electron chi connectivity index (χ1n) is 6.02. The Kier molecular flexibility index (Phi) is 4.49. The molecule has 1 saturated carbocycles. The van der Waals surface area contributed by atoms with Gasteiger partial charge < -0.3 is 15.3 Å². The minimum absolute atomic E-state index is 0.0785.